The van der Waals surface area contributed by atoms with Crippen LogP contribution in [0.3, 0.4) is 0 Å². The van der Waals surface area contributed by atoms with Crippen molar-refractivity contribution < 1.29 is 0 Å². The molecule has 0 spiro atoms. The van der Waals surface area contributed by atoms with Crippen LogP contribution in [0.25, 0.3) is 5.70 Å². The third-order valence-electron chi connectivity index (χ3n) is 3.58. The molecule has 1 aromatic carbocycles. The van der Waals surface area contributed by atoms with Gasteiger partial charge < -0.3 is 10.7 Å². The highest BCUT2D eigenvalue weighted by atomic mass is 14.9. The molecule has 0 saturated heterocycles. The van der Waals surface area contributed by atoms with Gasteiger partial charge in [-0.25, -0.2) is 0 Å². The highest BCUT2D eigenvalue weighted by Crippen LogP contribution is 2.14. The van der Waals surface area contributed by atoms with Gasteiger partial charge in [0.25, 0.3) is 0 Å². The van der Waals surface area contributed by atoms with Gasteiger partial charge in [-0.15, -0.1) is 0 Å². The van der Waals surface area contributed by atoms with Crippen LogP contribution in [-0.4, -0.2) is 12.3 Å². The number of benzene rings is 1. The molecule has 1 rings (SSSR count). The SMILES string of the molecule is C.C=CC(=N)CCc1cccc(C(=C)NCCC(=C)/C=C\CC)c1.CCC. The number of allylic oxidation sites excluding steroid dienone is 3. The quantitative estimate of drug-likeness (QED) is 0.311. The van der Waals surface area contributed by atoms with E-state index < -0.39 is 0 Å². The van der Waals surface area contributed by atoms with Gasteiger partial charge in [-0.05, 0) is 49.0 Å². The molecule has 2 N–H and O–H groups in total. The summed E-state index contributed by atoms with van der Waals surface area (Å²) >= 11 is 0. The summed E-state index contributed by atoms with van der Waals surface area (Å²) in [5, 5.41) is 11.0. The Morgan fingerprint density at radius 2 is 1.81 bits per heavy atom. The van der Waals surface area contributed by atoms with E-state index in [4.69, 9.17) is 5.41 Å². The van der Waals surface area contributed by atoms with Crippen LogP contribution >= 0.6 is 0 Å². The van der Waals surface area contributed by atoms with Gasteiger partial charge in [0.1, 0.15) is 0 Å². The van der Waals surface area contributed by atoms with Crippen LogP contribution in [0.1, 0.15) is 65.0 Å². The van der Waals surface area contributed by atoms with E-state index in [0.717, 1.165) is 49.1 Å². The largest absolute Gasteiger partial charge is 0.385 e. The number of hydrogen-bond acceptors (Lipinski definition) is 2. The van der Waals surface area contributed by atoms with Gasteiger partial charge in [-0.3, -0.25) is 0 Å². The van der Waals surface area contributed by atoms with E-state index in [-0.39, 0.29) is 7.43 Å². The molecule has 0 bridgehead atoms. The predicted octanol–water partition coefficient (Wildman–Crippen LogP) is 7.35. The van der Waals surface area contributed by atoms with Crippen molar-refractivity contribution >= 4 is 11.4 Å². The summed E-state index contributed by atoms with van der Waals surface area (Å²) in [6.45, 7) is 19.0. The highest BCUT2D eigenvalue weighted by molar-refractivity contribution is 5.91. The summed E-state index contributed by atoms with van der Waals surface area (Å²) in [5.41, 5.74) is 4.95. The Morgan fingerprint density at radius 1 is 1.15 bits per heavy atom. The van der Waals surface area contributed by atoms with Crippen LogP contribution in [0, 0.1) is 5.41 Å². The second-order valence-electron chi connectivity index (χ2n) is 6.26. The lowest BCUT2D eigenvalue weighted by Gasteiger charge is -2.11. The maximum atomic E-state index is 7.64. The maximum Gasteiger partial charge on any atom is 0.0340 e. The first kappa shape index (κ1) is 26.9. The van der Waals surface area contributed by atoms with Gasteiger partial charge in [0.2, 0.25) is 0 Å². The molecular formula is C25H40N2. The molecule has 27 heavy (non-hydrogen) atoms. The van der Waals surface area contributed by atoms with Crippen LogP contribution in [0.5, 0.6) is 0 Å². The molecule has 0 heterocycles. The Labute approximate surface area is 168 Å². The smallest absolute Gasteiger partial charge is 0.0340 e. The van der Waals surface area contributed by atoms with E-state index in [9.17, 15) is 0 Å². The Bertz CT molecular complexity index is 609. The zero-order valence-corrected chi connectivity index (χ0v) is 16.9. The third kappa shape index (κ3) is 13.5. The molecule has 2 heteroatoms. The minimum absolute atomic E-state index is 0. The Morgan fingerprint density at radius 3 is 2.41 bits per heavy atom. The average molecular weight is 369 g/mol. The summed E-state index contributed by atoms with van der Waals surface area (Å²) in [6, 6.07) is 8.32. The minimum Gasteiger partial charge on any atom is -0.385 e. The average Bonchev–Trinajstić information content (AvgIpc) is 2.65. The number of aryl methyl sites for hydroxylation is 1. The molecule has 150 valence electrons. The fourth-order valence-electron chi connectivity index (χ4n) is 2.14. The summed E-state index contributed by atoms with van der Waals surface area (Å²) in [6.07, 6.45) is 10.6. The first-order valence-corrected chi connectivity index (χ1v) is 9.54. The van der Waals surface area contributed by atoms with Crippen molar-refractivity contribution in [1.29, 1.82) is 5.41 Å². The number of nitrogens with one attached hydrogen (secondary N) is 2. The van der Waals surface area contributed by atoms with Crippen molar-refractivity contribution in [3.8, 4) is 0 Å². The van der Waals surface area contributed by atoms with Gasteiger partial charge in [-0.2, -0.15) is 0 Å². The van der Waals surface area contributed by atoms with E-state index in [2.05, 4.69) is 76.2 Å². The number of rotatable bonds is 11. The highest BCUT2D eigenvalue weighted by Gasteiger charge is 2.01. The summed E-state index contributed by atoms with van der Waals surface area (Å²) in [4.78, 5) is 0. The molecule has 0 atom stereocenters. The van der Waals surface area contributed by atoms with Crippen molar-refractivity contribution in [2.45, 2.75) is 60.3 Å². The van der Waals surface area contributed by atoms with Gasteiger partial charge in [0, 0.05) is 18.0 Å². The molecule has 0 radical (unpaired) electrons. The van der Waals surface area contributed by atoms with E-state index in [0.29, 0.717) is 5.71 Å². The van der Waals surface area contributed by atoms with Crippen molar-refractivity contribution in [2.75, 3.05) is 6.54 Å². The van der Waals surface area contributed by atoms with Crippen molar-refractivity contribution in [1.82, 2.24) is 5.32 Å². The maximum absolute atomic E-state index is 7.64. The molecular weight excluding hydrogens is 328 g/mol. The number of hydrogen-bond donors (Lipinski definition) is 2. The molecule has 1 aromatic rings. The van der Waals surface area contributed by atoms with Gasteiger partial charge in [0.15, 0.2) is 0 Å². The summed E-state index contributed by atoms with van der Waals surface area (Å²) in [7, 11) is 0. The second kappa shape index (κ2) is 17.1. The Balaban J connectivity index is 0. The second-order valence-corrected chi connectivity index (χ2v) is 6.26. The monoisotopic (exact) mass is 368 g/mol. The first-order chi connectivity index (χ1) is 12.5. The zero-order chi connectivity index (χ0) is 19.8. The molecule has 0 saturated carbocycles. The molecule has 2 nitrogen and oxygen atoms in total. The first-order valence-electron chi connectivity index (χ1n) is 9.54. The van der Waals surface area contributed by atoms with Crippen LogP contribution in [0.15, 0.2) is 67.8 Å². The van der Waals surface area contributed by atoms with Crippen molar-refractivity contribution in [3.05, 3.63) is 78.9 Å². The van der Waals surface area contributed by atoms with Gasteiger partial charge >= 0.3 is 0 Å². The van der Waals surface area contributed by atoms with Crippen molar-refractivity contribution in [3.63, 3.8) is 0 Å². The standard InChI is InChI=1S/C21H28N2.C3H8.CH4/c1-5-7-9-17(3)14-15-23-18(4)20-11-8-10-19(16-20)12-13-21(22)6-2;1-3-2;/h6-11,16,22-23H,2-5,12-15H2,1H3;3H2,1-2H3;1H4/b9-7-,22-21?;;. The Kier molecular flexibility index (Phi) is 17.0. The summed E-state index contributed by atoms with van der Waals surface area (Å²) in [5.74, 6) is 0. The Hall–Kier alpha value is -2.35. The fourth-order valence-corrected chi connectivity index (χ4v) is 2.14. The van der Waals surface area contributed by atoms with E-state index >= 15 is 0 Å². The van der Waals surface area contributed by atoms with Crippen LogP contribution < -0.4 is 5.32 Å². The molecule has 0 fully saturated rings. The molecule has 0 aliphatic rings. The van der Waals surface area contributed by atoms with E-state index in [1.165, 1.54) is 12.0 Å². The zero-order valence-electron chi connectivity index (χ0n) is 16.9. The van der Waals surface area contributed by atoms with Gasteiger partial charge in [-0.1, -0.05) is 90.3 Å². The predicted molar refractivity (Wildman–Crippen MR) is 126 cm³/mol. The van der Waals surface area contributed by atoms with E-state index in [1.807, 2.05) is 6.07 Å². The normalized spacial score (nSPS) is 9.59. The lowest BCUT2D eigenvalue weighted by atomic mass is 10.0. The molecule has 0 unspecified atom stereocenters. The van der Waals surface area contributed by atoms with E-state index in [1.54, 1.807) is 6.08 Å². The molecule has 0 aliphatic carbocycles. The lowest BCUT2D eigenvalue weighted by molar-refractivity contribution is 0.853. The molecule has 0 amide bonds. The lowest BCUT2D eigenvalue weighted by Crippen LogP contribution is -2.13. The summed E-state index contributed by atoms with van der Waals surface area (Å²) < 4.78 is 0. The van der Waals surface area contributed by atoms with Crippen molar-refractivity contribution in [2.24, 2.45) is 0 Å². The van der Waals surface area contributed by atoms with Crippen LogP contribution in [0.2, 0.25) is 0 Å². The molecule has 0 aromatic heterocycles. The van der Waals surface area contributed by atoms with Crippen LogP contribution in [0.4, 0.5) is 0 Å². The topological polar surface area (TPSA) is 35.9 Å². The fraction of sp³-hybridized carbons (Fsp3) is 0.400. The minimum atomic E-state index is 0. The van der Waals surface area contributed by atoms with Gasteiger partial charge in [0.05, 0.1) is 0 Å². The molecule has 0 aliphatic heterocycles. The third-order valence-corrected chi connectivity index (χ3v) is 3.58. The van der Waals surface area contributed by atoms with Crippen LogP contribution in [-0.2, 0) is 6.42 Å².